The first-order valence-electron chi connectivity index (χ1n) is 7.34. The summed E-state index contributed by atoms with van der Waals surface area (Å²) in [7, 11) is 3.41. The summed E-state index contributed by atoms with van der Waals surface area (Å²) in [6.07, 6.45) is 2.84. The summed E-state index contributed by atoms with van der Waals surface area (Å²) < 4.78 is 5.59. The van der Waals surface area contributed by atoms with E-state index in [0.29, 0.717) is 18.8 Å². The number of ether oxygens (including phenoxy) is 1. The van der Waals surface area contributed by atoms with Crippen molar-refractivity contribution in [1.29, 1.82) is 0 Å². The van der Waals surface area contributed by atoms with Gasteiger partial charge in [0.1, 0.15) is 5.75 Å². The molecule has 1 saturated carbocycles. The van der Waals surface area contributed by atoms with Crippen molar-refractivity contribution in [1.82, 2.24) is 10.2 Å². The molecule has 0 unspecified atom stereocenters. The molecule has 0 spiro atoms. The highest BCUT2D eigenvalue weighted by atomic mass is 16.5. The second-order valence-electron chi connectivity index (χ2n) is 5.87. The van der Waals surface area contributed by atoms with Gasteiger partial charge in [0.2, 0.25) is 0 Å². The maximum absolute atomic E-state index is 11.6. The Kier molecular flexibility index (Phi) is 5.20. The number of para-hydroxylation sites is 1. The Morgan fingerprint density at radius 3 is 2.71 bits per heavy atom. The van der Waals surface area contributed by atoms with Crippen LogP contribution in [-0.4, -0.2) is 48.8 Å². The predicted octanol–water partition coefficient (Wildman–Crippen LogP) is 1.16. The first kappa shape index (κ1) is 15.8. The highest BCUT2D eigenvalue weighted by Crippen LogP contribution is 2.30. The van der Waals surface area contributed by atoms with Gasteiger partial charge in [-0.3, -0.25) is 4.79 Å². The Bertz CT molecular complexity index is 484. The van der Waals surface area contributed by atoms with E-state index in [-0.39, 0.29) is 12.5 Å². The van der Waals surface area contributed by atoms with Crippen LogP contribution in [0, 0.1) is 0 Å². The lowest BCUT2D eigenvalue weighted by atomic mass is 9.80. The van der Waals surface area contributed by atoms with Gasteiger partial charge in [-0.05, 0) is 25.3 Å². The Morgan fingerprint density at radius 1 is 1.38 bits per heavy atom. The van der Waals surface area contributed by atoms with E-state index in [9.17, 15) is 9.90 Å². The average Bonchev–Trinajstić information content (AvgIpc) is 2.44. The van der Waals surface area contributed by atoms with Crippen LogP contribution >= 0.6 is 0 Å². The lowest BCUT2D eigenvalue weighted by molar-refractivity contribution is -0.130. The van der Waals surface area contributed by atoms with Crippen molar-refractivity contribution in [2.75, 3.05) is 27.2 Å². The molecule has 0 heterocycles. The van der Waals surface area contributed by atoms with Crippen LogP contribution in [0.5, 0.6) is 5.75 Å². The minimum atomic E-state index is -0.531. The molecule has 1 aliphatic rings. The third kappa shape index (κ3) is 4.44. The third-order valence-electron chi connectivity index (χ3n) is 3.88. The number of likely N-dealkylation sites (N-methyl/N-ethyl adjacent to an activating group) is 1. The van der Waals surface area contributed by atoms with Crippen LogP contribution in [0.25, 0.3) is 0 Å². The molecule has 0 radical (unpaired) electrons. The van der Waals surface area contributed by atoms with E-state index in [4.69, 9.17) is 4.74 Å². The number of carbonyl (C=O) groups is 1. The molecule has 1 amide bonds. The van der Waals surface area contributed by atoms with Gasteiger partial charge < -0.3 is 20.1 Å². The first-order chi connectivity index (χ1) is 10.0. The third-order valence-corrected chi connectivity index (χ3v) is 3.88. The lowest BCUT2D eigenvalue weighted by Gasteiger charge is -2.36. The largest absolute Gasteiger partial charge is 0.483 e. The van der Waals surface area contributed by atoms with Gasteiger partial charge in [-0.25, -0.2) is 0 Å². The molecule has 2 rings (SSSR count). The number of rotatable bonds is 7. The van der Waals surface area contributed by atoms with Crippen molar-refractivity contribution in [3.05, 3.63) is 29.8 Å². The van der Waals surface area contributed by atoms with Gasteiger partial charge in [-0.2, -0.15) is 0 Å². The summed E-state index contributed by atoms with van der Waals surface area (Å²) in [5.74, 6) is 0.641. The van der Waals surface area contributed by atoms with Gasteiger partial charge in [-0.15, -0.1) is 0 Å². The van der Waals surface area contributed by atoms with Gasteiger partial charge in [0.15, 0.2) is 6.61 Å². The van der Waals surface area contributed by atoms with Gasteiger partial charge in [0.25, 0.3) is 5.91 Å². The number of hydrogen-bond donors (Lipinski definition) is 2. The molecule has 0 saturated heterocycles. The minimum absolute atomic E-state index is 0.0357. The van der Waals surface area contributed by atoms with Crippen molar-refractivity contribution < 1.29 is 14.6 Å². The second kappa shape index (κ2) is 6.91. The van der Waals surface area contributed by atoms with E-state index in [1.54, 1.807) is 14.1 Å². The summed E-state index contributed by atoms with van der Waals surface area (Å²) in [5.41, 5.74) is 0.462. The number of aliphatic hydroxyl groups is 1. The van der Waals surface area contributed by atoms with Crippen LogP contribution in [-0.2, 0) is 11.3 Å². The number of nitrogens with zero attached hydrogens (tertiary/aromatic N) is 1. The molecule has 1 aromatic rings. The van der Waals surface area contributed by atoms with E-state index in [1.807, 2.05) is 24.3 Å². The zero-order valence-corrected chi connectivity index (χ0v) is 12.8. The Labute approximate surface area is 125 Å². The van der Waals surface area contributed by atoms with Gasteiger partial charge in [-0.1, -0.05) is 18.2 Å². The smallest absolute Gasteiger partial charge is 0.259 e. The quantitative estimate of drug-likeness (QED) is 0.791. The van der Waals surface area contributed by atoms with E-state index in [0.717, 1.165) is 24.8 Å². The summed E-state index contributed by atoms with van der Waals surface area (Å²) in [6.45, 7) is 1.25. The van der Waals surface area contributed by atoms with Crippen LogP contribution in [0.2, 0.25) is 0 Å². The van der Waals surface area contributed by atoms with Crippen LogP contribution in [0.1, 0.15) is 24.8 Å². The highest BCUT2D eigenvalue weighted by molar-refractivity contribution is 5.77. The maximum Gasteiger partial charge on any atom is 0.259 e. The molecular weight excluding hydrogens is 268 g/mol. The minimum Gasteiger partial charge on any atom is -0.483 e. The molecule has 5 nitrogen and oxygen atoms in total. The van der Waals surface area contributed by atoms with Crippen LogP contribution < -0.4 is 10.1 Å². The number of carbonyl (C=O) groups excluding carboxylic acids is 1. The molecule has 0 aromatic heterocycles. The number of hydrogen-bond acceptors (Lipinski definition) is 4. The Hall–Kier alpha value is -1.59. The number of nitrogens with one attached hydrogen (secondary N) is 1. The zero-order chi connectivity index (χ0) is 15.3. The van der Waals surface area contributed by atoms with E-state index in [2.05, 4.69) is 5.32 Å². The van der Waals surface area contributed by atoms with Crippen molar-refractivity contribution in [3.63, 3.8) is 0 Å². The average molecular weight is 292 g/mol. The predicted molar refractivity (Wildman–Crippen MR) is 81.1 cm³/mol. The van der Waals surface area contributed by atoms with Gasteiger partial charge in [0, 0.05) is 32.7 Å². The SMILES string of the molecule is CN(C)C(=O)COc1ccccc1CNCC1(O)CCC1. The van der Waals surface area contributed by atoms with Crippen LogP contribution in [0.3, 0.4) is 0 Å². The summed E-state index contributed by atoms with van der Waals surface area (Å²) in [6, 6.07) is 7.65. The monoisotopic (exact) mass is 292 g/mol. The highest BCUT2D eigenvalue weighted by Gasteiger charge is 2.33. The number of benzene rings is 1. The molecule has 1 aromatic carbocycles. The van der Waals surface area contributed by atoms with Crippen LogP contribution in [0.4, 0.5) is 0 Å². The fourth-order valence-corrected chi connectivity index (χ4v) is 2.25. The van der Waals surface area contributed by atoms with E-state index >= 15 is 0 Å². The fraction of sp³-hybridized carbons (Fsp3) is 0.562. The summed E-state index contributed by atoms with van der Waals surface area (Å²) >= 11 is 0. The molecule has 116 valence electrons. The topological polar surface area (TPSA) is 61.8 Å². The van der Waals surface area contributed by atoms with Gasteiger partial charge >= 0.3 is 0 Å². The van der Waals surface area contributed by atoms with Crippen molar-refractivity contribution >= 4 is 5.91 Å². The van der Waals surface area contributed by atoms with E-state index < -0.39 is 5.60 Å². The molecule has 5 heteroatoms. The zero-order valence-electron chi connectivity index (χ0n) is 12.8. The normalized spacial score (nSPS) is 16.1. The molecular formula is C16H24N2O3. The van der Waals surface area contributed by atoms with Crippen molar-refractivity contribution in [2.45, 2.75) is 31.4 Å². The summed E-state index contributed by atoms with van der Waals surface area (Å²) in [5, 5.41) is 13.3. The number of amides is 1. The lowest BCUT2D eigenvalue weighted by Crippen LogP contribution is -2.46. The molecule has 21 heavy (non-hydrogen) atoms. The fourth-order valence-electron chi connectivity index (χ4n) is 2.25. The molecule has 0 aliphatic heterocycles. The van der Waals surface area contributed by atoms with Crippen molar-refractivity contribution in [3.8, 4) is 5.75 Å². The Morgan fingerprint density at radius 2 is 2.10 bits per heavy atom. The molecule has 1 aliphatic carbocycles. The second-order valence-corrected chi connectivity index (χ2v) is 5.87. The molecule has 0 bridgehead atoms. The van der Waals surface area contributed by atoms with E-state index in [1.165, 1.54) is 4.90 Å². The molecule has 1 fully saturated rings. The maximum atomic E-state index is 11.6. The van der Waals surface area contributed by atoms with Crippen molar-refractivity contribution in [2.24, 2.45) is 0 Å². The first-order valence-corrected chi connectivity index (χ1v) is 7.34. The standard InChI is InChI=1S/C16H24N2O3/c1-18(2)15(19)11-21-14-7-4-3-6-13(14)10-17-12-16(20)8-5-9-16/h3-4,6-7,17,20H,5,8-12H2,1-2H3. The molecule has 0 atom stereocenters. The summed E-state index contributed by atoms with van der Waals surface area (Å²) in [4.78, 5) is 13.1. The van der Waals surface area contributed by atoms with Gasteiger partial charge in [0.05, 0.1) is 5.60 Å². The molecule has 2 N–H and O–H groups in total. The Balaban J connectivity index is 1.85. The van der Waals surface area contributed by atoms with Crippen LogP contribution in [0.15, 0.2) is 24.3 Å².